The summed E-state index contributed by atoms with van der Waals surface area (Å²) in [4.78, 5) is 2.50. The molecule has 2 heterocycles. The molecule has 0 bridgehead atoms. The summed E-state index contributed by atoms with van der Waals surface area (Å²) >= 11 is 0. The van der Waals surface area contributed by atoms with Crippen LogP contribution in [-0.4, -0.2) is 44.3 Å². The lowest BCUT2D eigenvalue weighted by Crippen LogP contribution is -2.55. The molecule has 2 aliphatic heterocycles. The molecule has 3 nitrogen and oxygen atoms in total. The first-order valence-electron chi connectivity index (χ1n) is 6.69. The number of nitrogens with two attached hydrogens (primary N) is 1. The first-order valence-corrected chi connectivity index (χ1v) is 6.69. The van der Waals surface area contributed by atoms with Gasteiger partial charge in [0, 0.05) is 18.5 Å². The van der Waals surface area contributed by atoms with Gasteiger partial charge in [-0.05, 0) is 37.8 Å². The number of piperidine rings is 1. The van der Waals surface area contributed by atoms with Gasteiger partial charge in [-0.25, -0.2) is 0 Å². The molecule has 0 saturated carbocycles. The third kappa shape index (κ3) is 2.13. The summed E-state index contributed by atoms with van der Waals surface area (Å²) in [5.41, 5.74) is 6.10. The molecule has 16 heavy (non-hydrogen) atoms. The Hall–Kier alpha value is -0.120. The summed E-state index contributed by atoms with van der Waals surface area (Å²) in [5, 5.41) is 0. The van der Waals surface area contributed by atoms with Crippen molar-refractivity contribution in [3.8, 4) is 0 Å². The summed E-state index contributed by atoms with van der Waals surface area (Å²) in [7, 11) is 0. The molecule has 94 valence electrons. The largest absolute Gasteiger partial charge is 0.380 e. The molecule has 2 N–H and O–H groups in total. The van der Waals surface area contributed by atoms with Gasteiger partial charge in [-0.2, -0.15) is 0 Å². The maximum Gasteiger partial charge on any atom is 0.0549 e. The highest BCUT2D eigenvalue weighted by molar-refractivity contribution is 4.96. The number of nitrogens with zero attached hydrogens (tertiary/aromatic N) is 1. The monoisotopic (exact) mass is 226 g/mol. The van der Waals surface area contributed by atoms with Crippen LogP contribution in [0.5, 0.6) is 0 Å². The Kier molecular flexibility index (Phi) is 3.88. The Morgan fingerprint density at radius 3 is 2.31 bits per heavy atom. The van der Waals surface area contributed by atoms with E-state index in [0.29, 0.717) is 5.41 Å². The van der Waals surface area contributed by atoms with Gasteiger partial charge in [0.15, 0.2) is 0 Å². The summed E-state index contributed by atoms with van der Waals surface area (Å²) in [5.74, 6) is 1.63. The van der Waals surface area contributed by atoms with Crippen LogP contribution in [0.15, 0.2) is 0 Å². The maximum atomic E-state index is 5.60. The molecule has 0 unspecified atom stereocenters. The van der Waals surface area contributed by atoms with Crippen molar-refractivity contribution in [1.82, 2.24) is 4.90 Å². The topological polar surface area (TPSA) is 38.5 Å². The van der Waals surface area contributed by atoms with Gasteiger partial charge >= 0.3 is 0 Å². The minimum atomic E-state index is 0.495. The summed E-state index contributed by atoms with van der Waals surface area (Å²) < 4.78 is 5.49. The predicted octanol–water partition coefficient (Wildman–Crippen LogP) is 1.33. The molecule has 2 fully saturated rings. The predicted molar refractivity (Wildman–Crippen MR) is 66.3 cm³/mol. The molecule has 0 spiro atoms. The Bertz CT molecular complexity index is 218. The van der Waals surface area contributed by atoms with Crippen LogP contribution in [0.1, 0.15) is 26.7 Å². The Morgan fingerprint density at radius 1 is 1.31 bits per heavy atom. The van der Waals surface area contributed by atoms with E-state index in [-0.39, 0.29) is 0 Å². The fraction of sp³-hybridized carbons (Fsp3) is 1.00. The molecule has 0 aromatic rings. The van der Waals surface area contributed by atoms with Crippen molar-refractivity contribution in [1.29, 1.82) is 0 Å². The third-order valence-corrected chi connectivity index (χ3v) is 4.74. The lowest BCUT2D eigenvalue weighted by atomic mass is 9.63. The van der Waals surface area contributed by atoms with Crippen molar-refractivity contribution in [3.05, 3.63) is 0 Å². The number of ether oxygens (including phenoxy) is 1. The highest BCUT2D eigenvalue weighted by Gasteiger charge is 2.48. The van der Waals surface area contributed by atoms with Crippen LogP contribution >= 0.6 is 0 Å². The van der Waals surface area contributed by atoms with Crippen LogP contribution in [0, 0.1) is 17.3 Å². The summed E-state index contributed by atoms with van der Waals surface area (Å²) in [6.45, 7) is 11.0. The van der Waals surface area contributed by atoms with Crippen molar-refractivity contribution in [3.63, 3.8) is 0 Å². The average molecular weight is 226 g/mol. The lowest BCUT2D eigenvalue weighted by molar-refractivity contribution is -0.180. The molecule has 0 radical (unpaired) electrons. The summed E-state index contributed by atoms with van der Waals surface area (Å²) in [6.07, 6.45) is 2.67. The zero-order chi connectivity index (χ0) is 11.6. The molecule has 0 amide bonds. The van der Waals surface area contributed by atoms with Crippen LogP contribution in [0.4, 0.5) is 0 Å². The van der Waals surface area contributed by atoms with Crippen molar-refractivity contribution < 1.29 is 4.74 Å². The zero-order valence-corrected chi connectivity index (χ0v) is 10.7. The van der Waals surface area contributed by atoms with Crippen molar-refractivity contribution in [2.45, 2.75) is 26.7 Å². The van der Waals surface area contributed by atoms with Crippen LogP contribution in [0.25, 0.3) is 0 Å². The van der Waals surface area contributed by atoms with Gasteiger partial charge in [0.1, 0.15) is 0 Å². The fourth-order valence-corrected chi connectivity index (χ4v) is 3.29. The third-order valence-electron chi connectivity index (χ3n) is 4.74. The van der Waals surface area contributed by atoms with Gasteiger partial charge in [0.25, 0.3) is 0 Å². The second kappa shape index (κ2) is 5.03. The van der Waals surface area contributed by atoms with E-state index < -0.39 is 0 Å². The molecule has 2 saturated heterocycles. The first kappa shape index (κ1) is 12.3. The summed E-state index contributed by atoms with van der Waals surface area (Å²) in [6, 6.07) is 0. The zero-order valence-electron chi connectivity index (χ0n) is 10.7. The molecular weight excluding hydrogens is 200 g/mol. The molecule has 0 atom stereocenters. The molecule has 0 aliphatic carbocycles. The van der Waals surface area contributed by atoms with E-state index >= 15 is 0 Å². The number of hydrogen-bond acceptors (Lipinski definition) is 3. The van der Waals surface area contributed by atoms with Gasteiger partial charge in [-0.15, -0.1) is 0 Å². The first-order chi connectivity index (χ1) is 7.69. The molecule has 2 aliphatic rings. The van der Waals surface area contributed by atoms with Crippen molar-refractivity contribution in [2.24, 2.45) is 23.0 Å². The standard InChI is InChI=1S/C13H26N2O/c1-11(2)13(9-16-10-13)12-3-6-15(7-4-12)8-5-14/h11-12H,3-10,14H2,1-2H3. The molecule has 0 aromatic carbocycles. The second-order valence-corrected chi connectivity index (χ2v) is 5.79. The fourth-order valence-electron chi connectivity index (χ4n) is 3.29. The Balaban J connectivity index is 1.88. The number of rotatable bonds is 4. The molecule has 2 rings (SSSR count). The SMILES string of the molecule is CC(C)C1(C2CCN(CCN)CC2)COC1. The second-order valence-electron chi connectivity index (χ2n) is 5.79. The molecule has 3 heteroatoms. The van der Waals surface area contributed by atoms with Crippen LogP contribution in [0.2, 0.25) is 0 Å². The van der Waals surface area contributed by atoms with Crippen LogP contribution < -0.4 is 5.73 Å². The van der Waals surface area contributed by atoms with E-state index in [4.69, 9.17) is 10.5 Å². The average Bonchev–Trinajstić information content (AvgIpc) is 2.18. The van der Waals surface area contributed by atoms with Gasteiger partial charge in [-0.3, -0.25) is 0 Å². The smallest absolute Gasteiger partial charge is 0.0549 e. The van der Waals surface area contributed by atoms with Crippen molar-refractivity contribution in [2.75, 3.05) is 39.4 Å². The minimum Gasteiger partial charge on any atom is -0.380 e. The minimum absolute atomic E-state index is 0.495. The van der Waals surface area contributed by atoms with Gasteiger partial charge in [-0.1, -0.05) is 13.8 Å². The normalized spacial score (nSPS) is 27.0. The van der Waals surface area contributed by atoms with Gasteiger partial charge in [0.05, 0.1) is 13.2 Å². The molecule has 0 aromatic heterocycles. The Labute approximate surface area is 99.3 Å². The van der Waals surface area contributed by atoms with E-state index in [1.54, 1.807) is 0 Å². The van der Waals surface area contributed by atoms with Crippen LogP contribution in [0.3, 0.4) is 0 Å². The highest BCUT2D eigenvalue weighted by Crippen LogP contribution is 2.46. The number of likely N-dealkylation sites (tertiary alicyclic amines) is 1. The quantitative estimate of drug-likeness (QED) is 0.786. The van der Waals surface area contributed by atoms with Crippen molar-refractivity contribution >= 4 is 0 Å². The van der Waals surface area contributed by atoms with E-state index in [1.807, 2.05) is 0 Å². The van der Waals surface area contributed by atoms with E-state index in [0.717, 1.165) is 38.1 Å². The van der Waals surface area contributed by atoms with Gasteiger partial charge < -0.3 is 15.4 Å². The lowest BCUT2D eigenvalue weighted by Gasteiger charge is -2.52. The van der Waals surface area contributed by atoms with E-state index in [1.165, 1.54) is 25.9 Å². The van der Waals surface area contributed by atoms with Crippen LogP contribution in [-0.2, 0) is 4.74 Å². The van der Waals surface area contributed by atoms with E-state index in [9.17, 15) is 0 Å². The maximum absolute atomic E-state index is 5.60. The highest BCUT2D eigenvalue weighted by atomic mass is 16.5. The van der Waals surface area contributed by atoms with E-state index in [2.05, 4.69) is 18.7 Å². The van der Waals surface area contributed by atoms with Gasteiger partial charge in [0.2, 0.25) is 0 Å². The Morgan fingerprint density at radius 2 is 1.94 bits per heavy atom. The number of hydrogen-bond donors (Lipinski definition) is 1. The molecular formula is C13H26N2O.